The topological polar surface area (TPSA) is 64.7 Å². The Morgan fingerprint density at radius 1 is 1.35 bits per heavy atom. The van der Waals surface area contributed by atoms with Crippen molar-refractivity contribution < 1.29 is 9.33 Å². The first-order chi connectivity index (χ1) is 8.22. The lowest BCUT2D eigenvalue weighted by molar-refractivity contribution is -0.812. The summed E-state index contributed by atoms with van der Waals surface area (Å²) < 4.78 is 6.21. The van der Waals surface area contributed by atoms with Crippen LogP contribution in [0.15, 0.2) is 35.6 Å². The lowest BCUT2D eigenvalue weighted by atomic mass is 10.2. The van der Waals surface area contributed by atoms with Gasteiger partial charge in [-0.1, -0.05) is 12.1 Å². The summed E-state index contributed by atoms with van der Waals surface area (Å²) >= 11 is 0. The molecule has 0 saturated carbocycles. The molecule has 0 aromatic heterocycles. The van der Waals surface area contributed by atoms with Crippen LogP contribution in [0.4, 0.5) is 0 Å². The second-order valence-electron chi connectivity index (χ2n) is 4.23. The first-order valence-corrected chi connectivity index (χ1v) is 5.58. The number of hydrogen-bond donors (Lipinski definition) is 1. The van der Waals surface area contributed by atoms with Crippen LogP contribution >= 0.6 is 0 Å². The zero-order chi connectivity index (χ0) is 12.1. The van der Waals surface area contributed by atoms with E-state index in [-0.39, 0.29) is 0 Å². The molecule has 2 rings (SSSR count). The number of nitrogens with zero attached hydrogens (tertiary/aromatic N) is 2. The highest BCUT2D eigenvalue weighted by atomic mass is 16.5. The van der Waals surface area contributed by atoms with Crippen LogP contribution in [0, 0.1) is 4.91 Å². The minimum atomic E-state index is 0.627. The number of ether oxygens (including phenoxy) is 1. The molecule has 1 aromatic carbocycles. The van der Waals surface area contributed by atoms with E-state index in [1.165, 1.54) is 6.20 Å². The maximum absolute atomic E-state index is 9.91. The van der Waals surface area contributed by atoms with E-state index >= 15 is 0 Å². The predicted octanol–water partition coefficient (Wildman–Crippen LogP) is 1.51. The number of hydrogen-bond acceptors (Lipinski definition) is 4. The van der Waals surface area contributed by atoms with Gasteiger partial charge in [0.25, 0.3) is 0 Å². The number of rotatable bonds is 6. The third-order valence-electron chi connectivity index (χ3n) is 2.81. The summed E-state index contributed by atoms with van der Waals surface area (Å²) in [5.41, 5.74) is 0.921. The van der Waals surface area contributed by atoms with Crippen LogP contribution < -0.4 is 10.6 Å². The van der Waals surface area contributed by atoms with E-state index < -0.39 is 0 Å². The van der Waals surface area contributed by atoms with Gasteiger partial charge < -0.3 is 4.74 Å². The van der Waals surface area contributed by atoms with Gasteiger partial charge in [-0.05, 0) is 28.9 Å². The molecule has 0 unspecified atom stereocenters. The van der Waals surface area contributed by atoms with Crippen molar-refractivity contribution in [1.82, 2.24) is 0 Å². The molecule has 0 radical (unpaired) electrons. The third kappa shape index (κ3) is 3.65. The molecule has 0 bridgehead atoms. The van der Waals surface area contributed by atoms with Crippen LogP contribution in [0.1, 0.15) is 5.56 Å². The second-order valence-corrected chi connectivity index (χ2v) is 4.23. The number of nitrogens with two attached hydrogens (primary N) is 1. The normalized spacial score (nSPS) is 17.0. The van der Waals surface area contributed by atoms with E-state index in [2.05, 4.69) is 5.18 Å². The molecule has 5 heteroatoms. The molecule has 1 heterocycles. The Kier molecular flexibility index (Phi) is 3.51. The molecule has 2 N–H and O–H groups in total. The van der Waals surface area contributed by atoms with E-state index in [0.29, 0.717) is 11.2 Å². The van der Waals surface area contributed by atoms with Crippen molar-refractivity contribution >= 4 is 6.08 Å². The summed E-state index contributed by atoms with van der Waals surface area (Å²) in [6.07, 6.45) is 2.87. The SMILES string of the molecule is N[N+]1(CCOc2ccc(C=CN=O)cc2)CC1. The molecular weight excluding hydrogens is 218 g/mol. The van der Waals surface area contributed by atoms with Gasteiger partial charge >= 0.3 is 0 Å². The molecule has 1 aliphatic rings. The van der Waals surface area contributed by atoms with Gasteiger partial charge in [-0.25, -0.2) is 4.59 Å². The number of quaternary nitrogens is 1. The smallest absolute Gasteiger partial charge is 0.148 e. The largest absolute Gasteiger partial charge is 0.488 e. The van der Waals surface area contributed by atoms with Crippen molar-refractivity contribution in [3.8, 4) is 5.75 Å². The summed E-state index contributed by atoms with van der Waals surface area (Å²) in [5, 5.41) is 2.66. The number of benzene rings is 1. The summed E-state index contributed by atoms with van der Waals surface area (Å²) in [4.78, 5) is 9.91. The van der Waals surface area contributed by atoms with E-state index in [4.69, 9.17) is 10.6 Å². The highest BCUT2D eigenvalue weighted by Gasteiger charge is 2.38. The highest BCUT2D eigenvalue weighted by molar-refractivity contribution is 5.50. The van der Waals surface area contributed by atoms with E-state index in [9.17, 15) is 4.91 Å². The van der Waals surface area contributed by atoms with Gasteiger partial charge in [-0.2, -0.15) is 5.84 Å². The van der Waals surface area contributed by atoms with Gasteiger partial charge in [0.2, 0.25) is 0 Å². The molecule has 1 saturated heterocycles. The van der Waals surface area contributed by atoms with E-state index in [1.807, 2.05) is 24.3 Å². The Hall–Kier alpha value is -1.72. The van der Waals surface area contributed by atoms with Crippen LogP contribution in [0.25, 0.3) is 6.08 Å². The van der Waals surface area contributed by atoms with Gasteiger partial charge in [-0.15, -0.1) is 4.91 Å². The van der Waals surface area contributed by atoms with Crippen LogP contribution in [-0.4, -0.2) is 30.8 Å². The van der Waals surface area contributed by atoms with Crippen molar-refractivity contribution in [2.75, 3.05) is 26.2 Å². The van der Waals surface area contributed by atoms with Gasteiger partial charge in [0.05, 0.1) is 6.20 Å². The molecule has 0 aliphatic carbocycles. The average Bonchev–Trinajstić information content (AvgIpc) is 3.06. The maximum atomic E-state index is 9.91. The predicted molar refractivity (Wildman–Crippen MR) is 65.8 cm³/mol. The Morgan fingerprint density at radius 3 is 2.65 bits per heavy atom. The van der Waals surface area contributed by atoms with E-state index in [1.54, 1.807) is 6.08 Å². The molecular formula is C12H16N3O2+. The highest BCUT2D eigenvalue weighted by Crippen LogP contribution is 2.15. The number of nitroso groups, excluding NO2 is 1. The molecule has 0 atom stereocenters. The van der Waals surface area contributed by atoms with Crippen molar-refractivity contribution in [2.45, 2.75) is 0 Å². The minimum Gasteiger partial charge on any atom is -0.488 e. The van der Waals surface area contributed by atoms with Crippen molar-refractivity contribution in [3.63, 3.8) is 0 Å². The molecule has 0 amide bonds. The molecule has 90 valence electrons. The minimum absolute atomic E-state index is 0.627. The Labute approximate surface area is 100 Å². The van der Waals surface area contributed by atoms with Crippen LogP contribution in [0.3, 0.4) is 0 Å². The second kappa shape index (κ2) is 5.07. The first kappa shape index (κ1) is 11.8. The van der Waals surface area contributed by atoms with Gasteiger partial charge in [-0.3, -0.25) is 0 Å². The fraction of sp³-hybridized carbons (Fsp3) is 0.333. The molecule has 1 fully saturated rings. The van der Waals surface area contributed by atoms with Crippen molar-refractivity contribution in [3.05, 3.63) is 40.9 Å². The Balaban J connectivity index is 1.80. The fourth-order valence-electron chi connectivity index (χ4n) is 1.49. The van der Waals surface area contributed by atoms with E-state index in [0.717, 1.165) is 30.9 Å². The fourth-order valence-corrected chi connectivity index (χ4v) is 1.49. The molecule has 5 nitrogen and oxygen atoms in total. The monoisotopic (exact) mass is 234 g/mol. The molecule has 1 aromatic rings. The molecule has 0 spiro atoms. The lowest BCUT2D eigenvalue weighted by Gasteiger charge is -2.11. The summed E-state index contributed by atoms with van der Waals surface area (Å²) in [5.74, 6) is 6.71. The molecule has 17 heavy (non-hydrogen) atoms. The van der Waals surface area contributed by atoms with Crippen LogP contribution in [0.2, 0.25) is 0 Å². The Morgan fingerprint density at radius 2 is 2.06 bits per heavy atom. The van der Waals surface area contributed by atoms with Crippen molar-refractivity contribution in [2.24, 2.45) is 11.0 Å². The zero-order valence-electron chi connectivity index (χ0n) is 9.58. The third-order valence-corrected chi connectivity index (χ3v) is 2.81. The summed E-state index contributed by atoms with van der Waals surface area (Å²) in [7, 11) is 0. The standard InChI is InChI=1S/C12H16N3O2/c13-15(7-8-15)9-10-17-12-3-1-11(2-4-12)5-6-14-16/h1-6H,7-10,13H2/q+1. The lowest BCUT2D eigenvalue weighted by Crippen LogP contribution is -2.37. The van der Waals surface area contributed by atoms with Crippen molar-refractivity contribution in [1.29, 1.82) is 0 Å². The Bertz CT molecular complexity index is 410. The summed E-state index contributed by atoms with van der Waals surface area (Å²) in [6.45, 7) is 3.57. The summed E-state index contributed by atoms with van der Waals surface area (Å²) in [6, 6.07) is 7.49. The van der Waals surface area contributed by atoms with Gasteiger partial charge in [0, 0.05) is 0 Å². The van der Waals surface area contributed by atoms with Gasteiger partial charge in [0.1, 0.15) is 32.0 Å². The van der Waals surface area contributed by atoms with Crippen LogP contribution in [-0.2, 0) is 0 Å². The quantitative estimate of drug-likeness (QED) is 0.351. The zero-order valence-corrected chi connectivity index (χ0v) is 9.58. The van der Waals surface area contributed by atoms with Gasteiger partial charge in [0.15, 0.2) is 0 Å². The average molecular weight is 234 g/mol. The van der Waals surface area contributed by atoms with Crippen LogP contribution in [0.5, 0.6) is 5.75 Å². The maximum Gasteiger partial charge on any atom is 0.148 e. The first-order valence-electron chi connectivity index (χ1n) is 5.58. The molecule has 1 aliphatic heterocycles.